The van der Waals surface area contributed by atoms with Gasteiger partial charge in [-0.2, -0.15) is 0 Å². The molecule has 0 bridgehead atoms. The number of pyridine rings is 1. The third-order valence-electron chi connectivity index (χ3n) is 3.18. The molecule has 0 saturated heterocycles. The Hall–Kier alpha value is -0.970. The number of nitrogens with zero attached hydrogens (tertiary/aromatic N) is 1. The molecule has 0 spiro atoms. The number of hydrogen-bond acceptors (Lipinski definition) is 4. The van der Waals surface area contributed by atoms with Gasteiger partial charge in [-0.15, -0.1) is 0 Å². The Balaban J connectivity index is 2.84. The second-order valence-corrected chi connectivity index (χ2v) is 4.33. The van der Waals surface area contributed by atoms with E-state index >= 15 is 0 Å². The van der Waals surface area contributed by atoms with Crippen molar-refractivity contribution < 1.29 is 4.74 Å². The van der Waals surface area contributed by atoms with Crippen LogP contribution >= 0.6 is 0 Å². The van der Waals surface area contributed by atoms with E-state index in [1.165, 1.54) is 11.1 Å². The highest BCUT2D eigenvalue weighted by Gasteiger charge is 2.19. The monoisotopic (exact) mass is 237 g/mol. The van der Waals surface area contributed by atoms with Crippen LogP contribution in [0.3, 0.4) is 0 Å². The highest BCUT2D eigenvalue weighted by Crippen LogP contribution is 2.26. The second kappa shape index (κ2) is 7.37. The van der Waals surface area contributed by atoms with Gasteiger partial charge in [-0.3, -0.25) is 16.3 Å². The summed E-state index contributed by atoms with van der Waals surface area (Å²) in [5, 5.41) is 0. The van der Waals surface area contributed by atoms with Crippen LogP contribution in [-0.2, 0) is 11.2 Å². The van der Waals surface area contributed by atoms with Gasteiger partial charge >= 0.3 is 0 Å². The van der Waals surface area contributed by atoms with E-state index in [0.29, 0.717) is 5.92 Å². The maximum Gasteiger partial charge on any atom is 0.0490 e. The second-order valence-electron chi connectivity index (χ2n) is 4.33. The van der Waals surface area contributed by atoms with Gasteiger partial charge in [0.25, 0.3) is 0 Å². The van der Waals surface area contributed by atoms with Crippen LogP contribution in [0.4, 0.5) is 0 Å². The van der Waals surface area contributed by atoms with Crippen molar-refractivity contribution in [2.24, 2.45) is 11.8 Å². The fourth-order valence-electron chi connectivity index (χ4n) is 2.07. The van der Waals surface area contributed by atoms with Crippen molar-refractivity contribution in [2.75, 3.05) is 13.7 Å². The van der Waals surface area contributed by atoms with Gasteiger partial charge in [-0.1, -0.05) is 13.8 Å². The summed E-state index contributed by atoms with van der Waals surface area (Å²) < 4.78 is 5.12. The zero-order valence-electron chi connectivity index (χ0n) is 10.9. The molecule has 0 aliphatic heterocycles. The van der Waals surface area contributed by atoms with Gasteiger partial charge in [-0.05, 0) is 36.0 Å². The highest BCUT2D eigenvalue weighted by atomic mass is 16.5. The van der Waals surface area contributed by atoms with E-state index in [9.17, 15) is 0 Å². The maximum atomic E-state index is 5.69. The van der Waals surface area contributed by atoms with E-state index in [2.05, 4.69) is 24.3 Å². The van der Waals surface area contributed by atoms with Crippen molar-refractivity contribution in [1.82, 2.24) is 10.4 Å². The zero-order chi connectivity index (χ0) is 12.7. The van der Waals surface area contributed by atoms with Crippen LogP contribution in [0.1, 0.15) is 37.4 Å². The van der Waals surface area contributed by atoms with E-state index in [4.69, 9.17) is 10.6 Å². The average molecular weight is 237 g/mol. The quantitative estimate of drug-likeness (QED) is 0.561. The van der Waals surface area contributed by atoms with Crippen molar-refractivity contribution in [3.05, 3.63) is 29.6 Å². The first kappa shape index (κ1) is 14.1. The van der Waals surface area contributed by atoms with Crippen LogP contribution in [0.5, 0.6) is 0 Å². The number of nitrogens with one attached hydrogen (secondary N) is 1. The summed E-state index contributed by atoms with van der Waals surface area (Å²) in [6.07, 6.45) is 5.69. The fraction of sp³-hybridized carbons (Fsp3) is 0.615. The number of methoxy groups -OCH3 is 1. The van der Waals surface area contributed by atoms with Gasteiger partial charge in [0.1, 0.15) is 0 Å². The van der Waals surface area contributed by atoms with Gasteiger partial charge in [0.2, 0.25) is 0 Å². The Kier molecular flexibility index (Phi) is 6.11. The summed E-state index contributed by atoms with van der Waals surface area (Å²) in [7, 11) is 1.72. The molecule has 1 aromatic heterocycles. The Morgan fingerprint density at radius 1 is 1.53 bits per heavy atom. The van der Waals surface area contributed by atoms with Crippen molar-refractivity contribution in [1.29, 1.82) is 0 Å². The minimum atomic E-state index is 0.156. The summed E-state index contributed by atoms with van der Waals surface area (Å²) in [4.78, 5) is 4.16. The van der Waals surface area contributed by atoms with Crippen molar-refractivity contribution in [3.63, 3.8) is 0 Å². The molecule has 0 aliphatic rings. The van der Waals surface area contributed by atoms with Gasteiger partial charge < -0.3 is 4.74 Å². The summed E-state index contributed by atoms with van der Waals surface area (Å²) in [5.74, 6) is 6.11. The summed E-state index contributed by atoms with van der Waals surface area (Å²) in [6, 6.07) is 2.20. The molecular weight excluding hydrogens is 214 g/mol. The molecule has 0 aromatic carbocycles. The molecule has 2 atom stereocenters. The van der Waals surface area contributed by atoms with E-state index in [1.807, 2.05) is 18.5 Å². The Bertz CT molecular complexity index is 330. The van der Waals surface area contributed by atoms with Crippen LogP contribution in [-0.4, -0.2) is 18.7 Å². The number of hydrazine groups is 1. The van der Waals surface area contributed by atoms with Crippen LogP contribution in [0.15, 0.2) is 18.5 Å². The normalized spacial score (nSPS) is 14.6. The van der Waals surface area contributed by atoms with Crippen LogP contribution in [0.2, 0.25) is 0 Å². The number of aryl methyl sites for hydroxylation is 1. The summed E-state index contributed by atoms with van der Waals surface area (Å²) in [6.45, 7) is 5.07. The standard InChI is InChI=1S/C13H23N3O/c1-4-11-9-15-7-5-12(11)13(16-14)10(2)6-8-17-3/h5,7,9-10,13,16H,4,6,8,14H2,1-3H3. The largest absolute Gasteiger partial charge is 0.385 e. The Morgan fingerprint density at radius 3 is 2.88 bits per heavy atom. The zero-order valence-corrected chi connectivity index (χ0v) is 10.9. The SMILES string of the molecule is CCc1cnccc1C(NN)C(C)CCOC. The number of rotatable bonds is 7. The van der Waals surface area contributed by atoms with Crippen LogP contribution < -0.4 is 11.3 Å². The van der Waals surface area contributed by atoms with Crippen LogP contribution in [0.25, 0.3) is 0 Å². The van der Waals surface area contributed by atoms with E-state index in [-0.39, 0.29) is 6.04 Å². The van der Waals surface area contributed by atoms with Crippen molar-refractivity contribution in [3.8, 4) is 0 Å². The van der Waals surface area contributed by atoms with Gasteiger partial charge in [0, 0.05) is 32.2 Å². The lowest BCUT2D eigenvalue weighted by Crippen LogP contribution is -2.33. The fourth-order valence-corrected chi connectivity index (χ4v) is 2.07. The molecule has 0 amide bonds. The van der Waals surface area contributed by atoms with Crippen LogP contribution in [0, 0.1) is 5.92 Å². The molecule has 1 heterocycles. The minimum absolute atomic E-state index is 0.156. The Labute approximate surface area is 104 Å². The Morgan fingerprint density at radius 2 is 2.29 bits per heavy atom. The average Bonchev–Trinajstić information content (AvgIpc) is 2.37. The smallest absolute Gasteiger partial charge is 0.0490 e. The molecule has 96 valence electrons. The molecule has 17 heavy (non-hydrogen) atoms. The molecule has 3 N–H and O–H groups in total. The predicted molar refractivity (Wildman–Crippen MR) is 69.3 cm³/mol. The lowest BCUT2D eigenvalue weighted by Gasteiger charge is -2.25. The third-order valence-corrected chi connectivity index (χ3v) is 3.18. The minimum Gasteiger partial charge on any atom is -0.385 e. The van der Waals surface area contributed by atoms with Crippen molar-refractivity contribution >= 4 is 0 Å². The third kappa shape index (κ3) is 3.77. The number of nitrogens with two attached hydrogens (primary N) is 1. The number of ether oxygens (including phenoxy) is 1. The molecule has 1 rings (SSSR count). The highest BCUT2D eigenvalue weighted by molar-refractivity contribution is 5.27. The molecule has 4 heteroatoms. The first-order chi connectivity index (χ1) is 8.24. The molecule has 2 unspecified atom stereocenters. The summed E-state index contributed by atoms with van der Waals surface area (Å²) in [5.41, 5.74) is 5.41. The summed E-state index contributed by atoms with van der Waals surface area (Å²) >= 11 is 0. The first-order valence-electron chi connectivity index (χ1n) is 6.12. The molecule has 0 aliphatic carbocycles. The molecule has 0 radical (unpaired) electrons. The first-order valence-corrected chi connectivity index (χ1v) is 6.12. The molecular formula is C13H23N3O. The number of aromatic nitrogens is 1. The molecule has 4 nitrogen and oxygen atoms in total. The van der Waals surface area contributed by atoms with E-state index < -0.39 is 0 Å². The predicted octanol–water partition coefficient (Wildman–Crippen LogP) is 1.82. The van der Waals surface area contributed by atoms with E-state index in [1.54, 1.807) is 7.11 Å². The van der Waals surface area contributed by atoms with Crippen molar-refractivity contribution in [2.45, 2.75) is 32.7 Å². The topological polar surface area (TPSA) is 60.2 Å². The molecule has 0 saturated carbocycles. The lowest BCUT2D eigenvalue weighted by molar-refractivity contribution is 0.170. The lowest BCUT2D eigenvalue weighted by atomic mass is 9.90. The maximum absolute atomic E-state index is 5.69. The molecule has 1 aromatic rings. The molecule has 0 fully saturated rings. The van der Waals surface area contributed by atoms with Gasteiger partial charge in [0.15, 0.2) is 0 Å². The van der Waals surface area contributed by atoms with Gasteiger partial charge in [-0.25, -0.2) is 0 Å². The van der Waals surface area contributed by atoms with E-state index in [0.717, 1.165) is 19.4 Å². The number of hydrogen-bond donors (Lipinski definition) is 2. The van der Waals surface area contributed by atoms with Gasteiger partial charge in [0.05, 0.1) is 0 Å².